The van der Waals surface area contributed by atoms with Gasteiger partial charge in [0.05, 0.1) is 8.66 Å². The van der Waals surface area contributed by atoms with E-state index < -0.39 is 0 Å². The summed E-state index contributed by atoms with van der Waals surface area (Å²) in [5.41, 5.74) is 1.89. The van der Waals surface area contributed by atoms with Crippen LogP contribution >= 0.6 is 27.3 Å². The summed E-state index contributed by atoms with van der Waals surface area (Å²) in [7, 11) is 0. The molecule has 0 aliphatic carbocycles. The highest BCUT2D eigenvalue weighted by Crippen LogP contribution is 2.23. The molecule has 0 fully saturated rings. The van der Waals surface area contributed by atoms with Crippen LogP contribution < -0.4 is 5.32 Å². The lowest BCUT2D eigenvalue weighted by molar-refractivity contribution is 0.103. The summed E-state index contributed by atoms with van der Waals surface area (Å²) in [5.74, 6) is -0.102. The van der Waals surface area contributed by atoms with Crippen molar-refractivity contribution in [2.45, 2.75) is 12.8 Å². The molecule has 0 saturated heterocycles. The molecule has 100 valence electrons. The number of aryl methyl sites for hydroxylation is 1. The van der Waals surface area contributed by atoms with Gasteiger partial charge in [0.25, 0.3) is 5.91 Å². The minimum Gasteiger partial charge on any atom is -0.396 e. The number of amides is 1. The number of hydrogen-bond donors (Lipinski definition) is 2. The number of aliphatic hydroxyl groups is 1. The van der Waals surface area contributed by atoms with Crippen molar-refractivity contribution < 1.29 is 9.90 Å². The molecule has 0 aliphatic rings. The predicted octanol–water partition coefficient (Wildman–Crippen LogP) is 3.69. The zero-order valence-corrected chi connectivity index (χ0v) is 12.6. The van der Waals surface area contributed by atoms with Crippen molar-refractivity contribution in [3.05, 3.63) is 50.6 Å². The van der Waals surface area contributed by atoms with E-state index in [2.05, 4.69) is 21.2 Å². The monoisotopic (exact) mass is 339 g/mol. The van der Waals surface area contributed by atoms with Crippen LogP contribution in [-0.2, 0) is 6.42 Å². The summed E-state index contributed by atoms with van der Waals surface area (Å²) >= 11 is 4.75. The summed E-state index contributed by atoms with van der Waals surface area (Å²) in [6.07, 6.45) is 1.54. The van der Waals surface area contributed by atoms with Crippen LogP contribution in [0.5, 0.6) is 0 Å². The first-order chi connectivity index (χ1) is 9.19. The Morgan fingerprint density at radius 1 is 1.32 bits per heavy atom. The van der Waals surface area contributed by atoms with Crippen molar-refractivity contribution >= 4 is 38.9 Å². The molecule has 5 heteroatoms. The molecule has 1 amide bonds. The topological polar surface area (TPSA) is 49.3 Å². The normalized spacial score (nSPS) is 10.4. The lowest BCUT2D eigenvalue weighted by Crippen LogP contribution is -2.10. The first-order valence-corrected chi connectivity index (χ1v) is 7.56. The smallest absolute Gasteiger partial charge is 0.265 e. The van der Waals surface area contributed by atoms with Crippen LogP contribution in [0.3, 0.4) is 0 Å². The van der Waals surface area contributed by atoms with Crippen molar-refractivity contribution in [1.29, 1.82) is 0 Å². The Balaban J connectivity index is 2.04. The van der Waals surface area contributed by atoms with Gasteiger partial charge in [-0.15, -0.1) is 11.3 Å². The Bertz CT molecular complexity index is 568. The molecule has 3 nitrogen and oxygen atoms in total. The van der Waals surface area contributed by atoms with Crippen LogP contribution in [0, 0.1) is 0 Å². The molecule has 0 bridgehead atoms. The molecule has 0 atom stereocenters. The van der Waals surface area contributed by atoms with Gasteiger partial charge in [-0.1, -0.05) is 12.1 Å². The highest BCUT2D eigenvalue weighted by atomic mass is 79.9. The van der Waals surface area contributed by atoms with Crippen molar-refractivity contribution in [2.75, 3.05) is 11.9 Å². The van der Waals surface area contributed by atoms with Crippen LogP contribution in [0.4, 0.5) is 5.69 Å². The van der Waals surface area contributed by atoms with E-state index in [1.807, 2.05) is 30.3 Å². The minimum atomic E-state index is -0.102. The van der Waals surface area contributed by atoms with E-state index in [4.69, 9.17) is 5.11 Å². The Morgan fingerprint density at radius 2 is 2.16 bits per heavy atom. The quantitative estimate of drug-likeness (QED) is 0.872. The van der Waals surface area contributed by atoms with Crippen molar-refractivity contribution in [3.8, 4) is 0 Å². The molecule has 19 heavy (non-hydrogen) atoms. The fourth-order valence-corrected chi connectivity index (χ4v) is 3.00. The van der Waals surface area contributed by atoms with Crippen LogP contribution in [0.15, 0.2) is 40.2 Å². The molecular formula is C14H14BrNO2S. The third-order valence-electron chi connectivity index (χ3n) is 2.61. The molecule has 0 radical (unpaired) electrons. The van der Waals surface area contributed by atoms with Gasteiger partial charge in [0, 0.05) is 12.3 Å². The number of carbonyl (C=O) groups is 1. The number of nitrogens with one attached hydrogen (secondary N) is 1. The second-order valence-electron chi connectivity index (χ2n) is 4.09. The zero-order chi connectivity index (χ0) is 13.7. The Kier molecular flexibility index (Phi) is 5.13. The largest absolute Gasteiger partial charge is 0.396 e. The van der Waals surface area contributed by atoms with Gasteiger partial charge in [-0.2, -0.15) is 0 Å². The summed E-state index contributed by atoms with van der Waals surface area (Å²) < 4.78 is 0.939. The standard InChI is InChI=1S/C14H14BrNO2S/c15-13-7-6-12(19-13)14(18)16-11-5-1-3-10(9-11)4-2-8-17/h1,3,5-7,9,17H,2,4,8H2,(H,16,18). The summed E-state index contributed by atoms with van der Waals surface area (Å²) in [5, 5.41) is 11.7. The number of benzene rings is 1. The summed E-state index contributed by atoms with van der Waals surface area (Å²) in [6, 6.07) is 11.4. The Hall–Kier alpha value is -1.17. The maximum absolute atomic E-state index is 12.0. The average molecular weight is 340 g/mol. The third kappa shape index (κ3) is 4.16. The first kappa shape index (κ1) is 14.2. The van der Waals surface area contributed by atoms with E-state index in [-0.39, 0.29) is 12.5 Å². The van der Waals surface area contributed by atoms with Gasteiger partial charge >= 0.3 is 0 Å². The maximum atomic E-state index is 12.0. The number of halogens is 1. The Morgan fingerprint density at radius 3 is 2.84 bits per heavy atom. The molecule has 2 rings (SSSR count). The van der Waals surface area contributed by atoms with E-state index in [9.17, 15) is 4.79 Å². The van der Waals surface area contributed by atoms with Gasteiger partial charge in [-0.3, -0.25) is 4.79 Å². The fraction of sp³-hybridized carbons (Fsp3) is 0.214. The van der Waals surface area contributed by atoms with Gasteiger partial charge in [-0.25, -0.2) is 0 Å². The molecule has 1 heterocycles. The molecule has 0 aliphatic heterocycles. The third-order valence-corrected chi connectivity index (χ3v) is 4.23. The van der Waals surface area contributed by atoms with Gasteiger partial charge in [0.15, 0.2) is 0 Å². The van der Waals surface area contributed by atoms with Gasteiger partial charge < -0.3 is 10.4 Å². The van der Waals surface area contributed by atoms with Crippen LogP contribution in [0.2, 0.25) is 0 Å². The van der Waals surface area contributed by atoms with Crippen LogP contribution in [0.1, 0.15) is 21.7 Å². The van der Waals surface area contributed by atoms with Gasteiger partial charge in [0.1, 0.15) is 0 Å². The summed E-state index contributed by atoms with van der Waals surface area (Å²) in [4.78, 5) is 12.7. The van der Waals surface area contributed by atoms with Gasteiger partial charge in [-0.05, 0) is 58.6 Å². The second kappa shape index (κ2) is 6.84. The van der Waals surface area contributed by atoms with Crippen molar-refractivity contribution in [2.24, 2.45) is 0 Å². The zero-order valence-electron chi connectivity index (χ0n) is 10.2. The molecule has 2 aromatic rings. The number of carbonyl (C=O) groups excluding carboxylic acids is 1. The lowest BCUT2D eigenvalue weighted by Gasteiger charge is -2.06. The lowest BCUT2D eigenvalue weighted by atomic mass is 10.1. The minimum absolute atomic E-state index is 0.102. The molecule has 0 saturated carbocycles. The number of aliphatic hydroxyl groups excluding tert-OH is 1. The van der Waals surface area contributed by atoms with Gasteiger partial charge in [0.2, 0.25) is 0 Å². The average Bonchev–Trinajstić information content (AvgIpc) is 2.83. The second-order valence-corrected chi connectivity index (χ2v) is 6.55. The van der Waals surface area contributed by atoms with E-state index in [1.54, 1.807) is 6.07 Å². The predicted molar refractivity (Wildman–Crippen MR) is 81.8 cm³/mol. The number of thiophene rings is 1. The van der Waals surface area contributed by atoms with Crippen molar-refractivity contribution in [3.63, 3.8) is 0 Å². The molecule has 0 spiro atoms. The Labute approximate surface area is 124 Å². The molecule has 1 aromatic carbocycles. The fourth-order valence-electron chi connectivity index (χ4n) is 1.72. The molecule has 1 aromatic heterocycles. The van der Waals surface area contributed by atoms with Crippen LogP contribution in [0.25, 0.3) is 0 Å². The van der Waals surface area contributed by atoms with E-state index >= 15 is 0 Å². The summed E-state index contributed by atoms with van der Waals surface area (Å²) in [6.45, 7) is 0.180. The first-order valence-electron chi connectivity index (χ1n) is 5.95. The molecule has 0 unspecified atom stereocenters. The maximum Gasteiger partial charge on any atom is 0.265 e. The molecule has 2 N–H and O–H groups in total. The van der Waals surface area contributed by atoms with E-state index in [0.717, 1.165) is 27.9 Å². The SMILES string of the molecule is O=C(Nc1cccc(CCCO)c1)c1ccc(Br)s1. The van der Waals surface area contributed by atoms with Crippen LogP contribution in [-0.4, -0.2) is 17.6 Å². The number of hydrogen-bond acceptors (Lipinski definition) is 3. The van der Waals surface area contributed by atoms with E-state index in [0.29, 0.717) is 4.88 Å². The molecular weight excluding hydrogens is 326 g/mol. The number of rotatable bonds is 5. The highest BCUT2D eigenvalue weighted by molar-refractivity contribution is 9.11. The van der Waals surface area contributed by atoms with Crippen molar-refractivity contribution in [1.82, 2.24) is 0 Å². The number of anilines is 1. The highest BCUT2D eigenvalue weighted by Gasteiger charge is 2.08. The van der Waals surface area contributed by atoms with E-state index in [1.165, 1.54) is 11.3 Å².